The monoisotopic (exact) mass is 289 g/mol. The molecule has 2 aromatic rings. The number of hydrogen-bond donors (Lipinski definition) is 1. The third kappa shape index (κ3) is 4.35. The molecule has 7 nitrogen and oxygen atoms in total. The lowest BCUT2D eigenvalue weighted by Crippen LogP contribution is -2.27. The van der Waals surface area contributed by atoms with Gasteiger partial charge in [0.05, 0.1) is 11.3 Å². The molecule has 0 radical (unpaired) electrons. The quantitative estimate of drug-likeness (QED) is 0.926. The number of benzene rings is 1. The van der Waals surface area contributed by atoms with Crippen molar-refractivity contribution < 1.29 is 9.53 Å². The lowest BCUT2D eigenvalue weighted by molar-refractivity contribution is -0.125. The van der Waals surface area contributed by atoms with E-state index in [2.05, 4.69) is 20.8 Å². The van der Waals surface area contributed by atoms with Crippen LogP contribution in [-0.4, -0.2) is 38.3 Å². The molecule has 0 spiro atoms. The Morgan fingerprint density at radius 1 is 1.38 bits per heavy atom. The summed E-state index contributed by atoms with van der Waals surface area (Å²) in [6.07, 6.45) is 1.50. The number of carbonyl (C=O) groups is 1. The van der Waals surface area contributed by atoms with E-state index in [0.29, 0.717) is 5.69 Å². The molecule has 1 amide bonds. The smallest absolute Gasteiger partial charge is 0.250 e. The number of carbonyl (C=O) groups excluding carboxylic acids is 1. The van der Waals surface area contributed by atoms with Gasteiger partial charge in [0.1, 0.15) is 12.9 Å². The molecule has 1 N–H and O–H groups in total. The predicted molar refractivity (Wildman–Crippen MR) is 78.2 cm³/mol. The minimum Gasteiger partial charge on any atom is -0.366 e. The van der Waals surface area contributed by atoms with Crippen molar-refractivity contribution in [2.45, 2.75) is 33.3 Å². The average Bonchev–Trinajstić information content (AvgIpc) is 2.92. The lowest BCUT2D eigenvalue weighted by Gasteiger charge is -2.19. The van der Waals surface area contributed by atoms with Crippen molar-refractivity contribution in [1.29, 1.82) is 0 Å². The van der Waals surface area contributed by atoms with E-state index in [0.717, 1.165) is 11.3 Å². The minimum atomic E-state index is -0.347. The van der Waals surface area contributed by atoms with E-state index in [-0.39, 0.29) is 18.1 Å². The number of tetrazole rings is 1. The number of aromatic nitrogens is 4. The molecule has 7 heteroatoms. The first kappa shape index (κ1) is 15.1. The van der Waals surface area contributed by atoms with Crippen LogP contribution in [-0.2, 0) is 9.53 Å². The maximum atomic E-state index is 11.9. The Morgan fingerprint density at radius 2 is 2.14 bits per heavy atom. The Bertz CT molecular complexity index is 617. The summed E-state index contributed by atoms with van der Waals surface area (Å²) in [6.45, 7) is 7.65. The third-order valence-electron chi connectivity index (χ3n) is 2.75. The summed E-state index contributed by atoms with van der Waals surface area (Å²) in [6, 6.07) is 5.60. The van der Waals surface area contributed by atoms with Gasteiger partial charge in [-0.3, -0.25) is 4.79 Å². The molecule has 0 unspecified atom stereocenters. The molecule has 21 heavy (non-hydrogen) atoms. The molecule has 0 aliphatic rings. The van der Waals surface area contributed by atoms with Crippen molar-refractivity contribution in [3.63, 3.8) is 0 Å². The zero-order valence-corrected chi connectivity index (χ0v) is 12.6. The summed E-state index contributed by atoms with van der Waals surface area (Å²) in [5, 5.41) is 13.8. The molecule has 1 aromatic carbocycles. The summed E-state index contributed by atoms with van der Waals surface area (Å²) in [5.74, 6) is -0.193. The summed E-state index contributed by atoms with van der Waals surface area (Å²) in [5.41, 5.74) is 2.10. The molecule has 1 aromatic heterocycles. The molecule has 0 saturated heterocycles. The highest BCUT2D eigenvalue weighted by atomic mass is 16.5. The van der Waals surface area contributed by atoms with Gasteiger partial charge in [0.25, 0.3) is 0 Å². The molecule has 0 atom stereocenters. The zero-order valence-electron chi connectivity index (χ0n) is 12.6. The van der Waals surface area contributed by atoms with E-state index in [1.54, 1.807) is 0 Å². The predicted octanol–water partition coefficient (Wildman–Crippen LogP) is 1.72. The largest absolute Gasteiger partial charge is 0.366 e. The second kappa shape index (κ2) is 6.01. The van der Waals surface area contributed by atoms with E-state index in [1.165, 1.54) is 11.0 Å². The van der Waals surface area contributed by atoms with Gasteiger partial charge in [-0.2, -0.15) is 0 Å². The van der Waals surface area contributed by atoms with Gasteiger partial charge in [0.15, 0.2) is 0 Å². The normalized spacial score (nSPS) is 11.4. The number of ether oxygens (including phenoxy) is 1. The third-order valence-corrected chi connectivity index (χ3v) is 2.75. The molecule has 1 heterocycles. The van der Waals surface area contributed by atoms with Crippen LogP contribution < -0.4 is 5.32 Å². The van der Waals surface area contributed by atoms with Crippen LogP contribution in [0.3, 0.4) is 0 Å². The molecular formula is C14H19N5O2. The van der Waals surface area contributed by atoms with Crippen molar-refractivity contribution in [3.05, 3.63) is 30.1 Å². The van der Waals surface area contributed by atoms with E-state index in [4.69, 9.17) is 4.74 Å². The van der Waals surface area contributed by atoms with Gasteiger partial charge in [0.2, 0.25) is 5.91 Å². The van der Waals surface area contributed by atoms with E-state index >= 15 is 0 Å². The standard InChI is InChI=1S/C14H19N5O2/c1-10-5-6-11(19-9-15-17-18-19)7-12(10)16-13(20)8-21-14(2,3)4/h5-7,9H,8H2,1-4H3,(H,16,20). The molecule has 0 aliphatic carbocycles. The van der Waals surface area contributed by atoms with Crippen LogP contribution in [0.2, 0.25) is 0 Å². The molecule has 0 aliphatic heterocycles. The number of nitrogens with zero attached hydrogens (tertiary/aromatic N) is 4. The van der Waals surface area contributed by atoms with Crippen LogP contribution >= 0.6 is 0 Å². The van der Waals surface area contributed by atoms with Crippen LogP contribution in [0.1, 0.15) is 26.3 Å². The maximum Gasteiger partial charge on any atom is 0.250 e. The number of aryl methyl sites for hydroxylation is 1. The number of nitrogens with one attached hydrogen (secondary N) is 1. The van der Waals surface area contributed by atoms with Crippen LogP contribution in [0, 0.1) is 6.92 Å². The Kier molecular flexibility index (Phi) is 4.32. The Hall–Kier alpha value is -2.28. The highest BCUT2D eigenvalue weighted by molar-refractivity contribution is 5.92. The van der Waals surface area contributed by atoms with E-state index in [1.807, 2.05) is 45.9 Å². The van der Waals surface area contributed by atoms with Crippen molar-refractivity contribution in [2.75, 3.05) is 11.9 Å². The number of rotatable bonds is 4. The lowest BCUT2D eigenvalue weighted by atomic mass is 10.1. The molecule has 2 rings (SSSR count). The van der Waals surface area contributed by atoms with E-state index in [9.17, 15) is 4.79 Å². The summed E-state index contributed by atoms with van der Waals surface area (Å²) in [7, 11) is 0. The molecule has 0 fully saturated rings. The van der Waals surface area contributed by atoms with Crippen LogP contribution in [0.5, 0.6) is 0 Å². The van der Waals surface area contributed by atoms with Gasteiger partial charge >= 0.3 is 0 Å². The Balaban J connectivity index is 2.09. The van der Waals surface area contributed by atoms with Crippen molar-refractivity contribution in [1.82, 2.24) is 20.2 Å². The van der Waals surface area contributed by atoms with E-state index < -0.39 is 0 Å². The van der Waals surface area contributed by atoms with Gasteiger partial charge in [-0.05, 0) is 55.8 Å². The zero-order chi connectivity index (χ0) is 15.5. The first-order chi connectivity index (χ1) is 9.85. The van der Waals surface area contributed by atoms with Crippen LogP contribution in [0.4, 0.5) is 5.69 Å². The number of anilines is 1. The van der Waals surface area contributed by atoms with Gasteiger partial charge in [-0.1, -0.05) is 6.07 Å². The van der Waals surface area contributed by atoms with Gasteiger partial charge in [0, 0.05) is 5.69 Å². The molecule has 0 saturated carbocycles. The maximum absolute atomic E-state index is 11.9. The number of hydrogen-bond acceptors (Lipinski definition) is 5. The van der Waals surface area contributed by atoms with Gasteiger partial charge < -0.3 is 10.1 Å². The first-order valence-electron chi connectivity index (χ1n) is 6.63. The SMILES string of the molecule is Cc1ccc(-n2cnnn2)cc1NC(=O)COC(C)(C)C. The fourth-order valence-corrected chi connectivity index (χ4v) is 1.64. The summed E-state index contributed by atoms with van der Waals surface area (Å²) < 4.78 is 6.98. The Morgan fingerprint density at radius 3 is 2.76 bits per heavy atom. The van der Waals surface area contributed by atoms with Crippen molar-refractivity contribution in [3.8, 4) is 5.69 Å². The van der Waals surface area contributed by atoms with Crippen LogP contribution in [0.25, 0.3) is 5.69 Å². The average molecular weight is 289 g/mol. The topological polar surface area (TPSA) is 81.9 Å². The second-order valence-electron chi connectivity index (χ2n) is 5.70. The molecule has 112 valence electrons. The second-order valence-corrected chi connectivity index (χ2v) is 5.70. The highest BCUT2D eigenvalue weighted by Crippen LogP contribution is 2.19. The minimum absolute atomic E-state index is 0.0120. The number of amides is 1. The van der Waals surface area contributed by atoms with Crippen molar-refractivity contribution >= 4 is 11.6 Å². The van der Waals surface area contributed by atoms with Gasteiger partial charge in [-0.15, -0.1) is 5.10 Å². The van der Waals surface area contributed by atoms with Crippen LogP contribution in [0.15, 0.2) is 24.5 Å². The first-order valence-corrected chi connectivity index (χ1v) is 6.63. The Labute approximate surface area is 123 Å². The van der Waals surface area contributed by atoms with Crippen molar-refractivity contribution in [2.24, 2.45) is 0 Å². The van der Waals surface area contributed by atoms with Gasteiger partial charge in [-0.25, -0.2) is 4.68 Å². The highest BCUT2D eigenvalue weighted by Gasteiger charge is 2.14. The fourth-order valence-electron chi connectivity index (χ4n) is 1.64. The summed E-state index contributed by atoms with van der Waals surface area (Å²) in [4.78, 5) is 11.9. The summed E-state index contributed by atoms with van der Waals surface area (Å²) >= 11 is 0. The fraction of sp³-hybridized carbons (Fsp3) is 0.429. The molecule has 0 bridgehead atoms. The molecular weight excluding hydrogens is 270 g/mol.